The Kier molecular flexibility index (Phi) is 8.31. The van der Waals surface area contributed by atoms with E-state index in [9.17, 15) is 18.7 Å². The van der Waals surface area contributed by atoms with Crippen LogP contribution in [0.3, 0.4) is 0 Å². The van der Waals surface area contributed by atoms with Crippen molar-refractivity contribution in [1.29, 1.82) is 0 Å². The zero-order valence-electron chi connectivity index (χ0n) is 20.5. The number of pyridine rings is 1. The molecule has 0 aliphatic carbocycles. The van der Waals surface area contributed by atoms with E-state index in [1.165, 1.54) is 7.11 Å². The van der Waals surface area contributed by atoms with E-state index >= 15 is 0 Å². The zero-order chi connectivity index (χ0) is 28.5. The number of azide groups is 1. The summed E-state index contributed by atoms with van der Waals surface area (Å²) in [6.45, 7) is -0.361. The molecule has 212 valence electrons. The SMILES string of the molecule is COCO[C@H]1CO[C@@H]2COC(c3ccccc3)O[C@@]2(c2nc(Br)nn2-c2cc(Cl)cnc2C(F)(F)F)[C@@H]1N=[N+]=[N-]. The highest BCUT2D eigenvalue weighted by Crippen LogP contribution is 2.49. The van der Waals surface area contributed by atoms with Crippen LogP contribution >= 0.6 is 27.5 Å². The number of ether oxygens (including phenoxy) is 5. The summed E-state index contributed by atoms with van der Waals surface area (Å²) in [6.07, 6.45) is -7.03. The van der Waals surface area contributed by atoms with E-state index in [1.807, 2.05) is 0 Å². The van der Waals surface area contributed by atoms with Crippen LogP contribution in [0.4, 0.5) is 13.2 Å². The molecule has 12 nitrogen and oxygen atoms in total. The van der Waals surface area contributed by atoms with Crippen LogP contribution in [-0.2, 0) is 35.5 Å². The van der Waals surface area contributed by atoms with Crippen LogP contribution < -0.4 is 0 Å². The number of hydrogen-bond acceptors (Lipinski definition) is 9. The molecule has 17 heteroatoms. The Balaban J connectivity index is 1.77. The third-order valence-electron chi connectivity index (χ3n) is 6.34. The van der Waals surface area contributed by atoms with Crippen LogP contribution in [0, 0.1) is 0 Å². The lowest BCUT2D eigenvalue weighted by molar-refractivity contribution is -0.352. The average molecular weight is 647 g/mol. The minimum Gasteiger partial charge on any atom is -0.370 e. The van der Waals surface area contributed by atoms with Gasteiger partial charge in [-0.1, -0.05) is 47.0 Å². The summed E-state index contributed by atoms with van der Waals surface area (Å²) < 4.78 is 72.5. The molecule has 2 fully saturated rings. The van der Waals surface area contributed by atoms with E-state index in [0.29, 0.717) is 5.56 Å². The Morgan fingerprint density at radius 2 is 2.05 bits per heavy atom. The van der Waals surface area contributed by atoms with Gasteiger partial charge in [0.05, 0.1) is 30.0 Å². The van der Waals surface area contributed by atoms with Crippen LogP contribution in [-0.4, -0.2) is 65.1 Å². The Hall–Kier alpha value is -2.82. The molecule has 2 aromatic heterocycles. The first kappa shape index (κ1) is 28.7. The minimum absolute atomic E-state index is 0.0655. The Morgan fingerprint density at radius 3 is 2.75 bits per heavy atom. The van der Waals surface area contributed by atoms with Crippen LogP contribution in [0.2, 0.25) is 5.02 Å². The highest BCUT2D eigenvalue weighted by atomic mass is 79.9. The fourth-order valence-electron chi connectivity index (χ4n) is 4.73. The average Bonchev–Trinajstić information content (AvgIpc) is 3.34. The van der Waals surface area contributed by atoms with Crippen LogP contribution in [0.5, 0.6) is 0 Å². The van der Waals surface area contributed by atoms with Crippen molar-refractivity contribution in [2.75, 3.05) is 27.1 Å². The maximum Gasteiger partial charge on any atom is 0.435 e. The smallest absolute Gasteiger partial charge is 0.370 e. The highest BCUT2D eigenvalue weighted by molar-refractivity contribution is 9.10. The number of hydrogen-bond donors (Lipinski definition) is 0. The molecule has 5 atom stereocenters. The lowest BCUT2D eigenvalue weighted by Gasteiger charge is -2.52. The highest BCUT2D eigenvalue weighted by Gasteiger charge is 2.62. The van der Waals surface area contributed by atoms with Gasteiger partial charge in [-0.05, 0) is 27.5 Å². The molecule has 0 spiro atoms. The van der Waals surface area contributed by atoms with Gasteiger partial charge >= 0.3 is 6.18 Å². The Bertz CT molecular complexity index is 1410. The summed E-state index contributed by atoms with van der Waals surface area (Å²) in [7, 11) is 1.40. The number of methoxy groups -OCH3 is 1. The van der Waals surface area contributed by atoms with Crippen molar-refractivity contribution in [1.82, 2.24) is 19.7 Å². The molecule has 0 radical (unpaired) electrons. The number of nitrogens with zero attached hydrogens (tertiary/aromatic N) is 7. The molecular formula is C23H20BrClF3N7O5. The molecule has 0 saturated carbocycles. The summed E-state index contributed by atoms with van der Waals surface area (Å²) in [5, 5.41) is 8.09. The third kappa shape index (κ3) is 5.29. The molecule has 40 heavy (non-hydrogen) atoms. The van der Waals surface area contributed by atoms with E-state index in [0.717, 1.165) is 16.9 Å². The molecule has 0 N–H and O–H groups in total. The van der Waals surface area contributed by atoms with Gasteiger partial charge in [0.15, 0.2) is 23.4 Å². The first-order valence-corrected chi connectivity index (χ1v) is 12.8. The van der Waals surface area contributed by atoms with Gasteiger partial charge in [-0.15, -0.1) is 5.10 Å². The first-order chi connectivity index (χ1) is 19.2. The van der Waals surface area contributed by atoms with Crippen molar-refractivity contribution in [3.05, 3.63) is 79.9 Å². The number of rotatable bonds is 7. The molecular weight excluding hydrogens is 627 g/mol. The maximum atomic E-state index is 14.1. The van der Waals surface area contributed by atoms with E-state index < -0.39 is 47.7 Å². The molecule has 1 aromatic carbocycles. The maximum absolute atomic E-state index is 14.1. The molecule has 5 rings (SSSR count). The van der Waals surface area contributed by atoms with Crippen molar-refractivity contribution in [3.63, 3.8) is 0 Å². The monoisotopic (exact) mass is 645 g/mol. The molecule has 3 aromatic rings. The van der Waals surface area contributed by atoms with E-state index in [2.05, 4.69) is 41.0 Å². The van der Waals surface area contributed by atoms with Crippen molar-refractivity contribution >= 4 is 27.5 Å². The topological polar surface area (TPSA) is 139 Å². The largest absolute Gasteiger partial charge is 0.435 e. The second-order valence-electron chi connectivity index (χ2n) is 8.71. The number of fused-ring (bicyclic) bond motifs is 1. The Morgan fingerprint density at radius 1 is 1.27 bits per heavy atom. The number of halogens is 5. The molecule has 2 aliphatic rings. The Labute approximate surface area is 238 Å². The van der Waals surface area contributed by atoms with Crippen LogP contribution in [0.1, 0.15) is 23.4 Å². The van der Waals surface area contributed by atoms with E-state index in [-0.39, 0.29) is 35.6 Å². The first-order valence-electron chi connectivity index (χ1n) is 11.7. The standard InChI is InChI=1S/C23H20BrClF3N7O5/c1-36-11-39-15-9-37-16-10-38-19(12-5-3-2-4-6-12)40-22(16,18(15)32-34-29)20-31-21(24)33-35(20)14-7-13(25)8-30-17(14)23(26,27)28/h2-8,15-16,18-19H,9-11H2,1H3/t15-,16+,18+,19?,22+/m0/s1. The lowest BCUT2D eigenvalue weighted by atomic mass is 9.81. The number of alkyl halides is 3. The van der Waals surface area contributed by atoms with Gasteiger partial charge in [0, 0.05) is 23.8 Å². The van der Waals surface area contributed by atoms with Gasteiger partial charge in [-0.25, -0.2) is 14.6 Å². The predicted octanol–water partition coefficient (Wildman–Crippen LogP) is 5.10. The molecule has 2 saturated heterocycles. The lowest BCUT2D eigenvalue weighted by Crippen LogP contribution is -2.66. The summed E-state index contributed by atoms with van der Waals surface area (Å²) >= 11 is 9.25. The molecule has 4 heterocycles. The quantitative estimate of drug-likeness (QED) is 0.150. The van der Waals surface area contributed by atoms with Crippen LogP contribution in [0.25, 0.3) is 16.1 Å². The summed E-state index contributed by atoms with van der Waals surface area (Å²) in [5.74, 6) is -0.189. The second kappa shape index (κ2) is 11.6. The van der Waals surface area contributed by atoms with Crippen molar-refractivity contribution in [3.8, 4) is 5.69 Å². The van der Waals surface area contributed by atoms with E-state index in [1.54, 1.807) is 30.3 Å². The van der Waals surface area contributed by atoms with Gasteiger partial charge in [-0.2, -0.15) is 13.2 Å². The second-order valence-corrected chi connectivity index (χ2v) is 9.85. The summed E-state index contributed by atoms with van der Waals surface area (Å²) in [4.78, 5) is 10.9. The van der Waals surface area contributed by atoms with Crippen molar-refractivity contribution in [2.45, 2.75) is 36.3 Å². The normalized spacial score (nSPS) is 26.6. The third-order valence-corrected chi connectivity index (χ3v) is 6.88. The number of aromatic nitrogens is 4. The summed E-state index contributed by atoms with van der Waals surface area (Å²) in [6, 6.07) is 8.63. The van der Waals surface area contributed by atoms with Gasteiger partial charge in [-0.3, -0.25) is 0 Å². The van der Waals surface area contributed by atoms with Gasteiger partial charge < -0.3 is 23.7 Å². The van der Waals surface area contributed by atoms with Crippen LogP contribution in [0.15, 0.2) is 52.4 Å². The van der Waals surface area contributed by atoms with E-state index in [4.69, 9.17) is 35.3 Å². The zero-order valence-corrected chi connectivity index (χ0v) is 22.9. The molecule has 2 aliphatic heterocycles. The summed E-state index contributed by atoms with van der Waals surface area (Å²) in [5.41, 5.74) is 6.50. The minimum atomic E-state index is -4.88. The fraction of sp³-hybridized carbons (Fsp3) is 0.435. The fourth-order valence-corrected chi connectivity index (χ4v) is 5.20. The van der Waals surface area contributed by atoms with Gasteiger partial charge in [0.25, 0.3) is 0 Å². The molecule has 0 amide bonds. The van der Waals surface area contributed by atoms with Crippen molar-refractivity contribution < 1.29 is 36.9 Å². The predicted molar refractivity (Wildman–Crippen MR) is 134 cm³/mol. The van der Waals surface area contributed by atoms with Gasteiger partial charge in [0.1, 0.15) is 18.9 Å². The van der Waals surface area contributed by atoms with Gasteiger partial charge in [0.2, 0.25) is 4.73 Å². The molecule has 0 bridgehead atoms. The molecule has 1 unspecified atom stereocenters. The number of benzene rings is 1. The van der Waals surface area contributed by atoms with Crippen molar-refractivity contribution in [2.24, 2.45) is 5.11 Å².